The summed E-state index contributed by atoms with van der Waals surface area (Å²) in [6, 6.07) is 0. The molecule has 1 aliphatic heterocycles. The van der Waals surface area contributed by atoms with Crippen LogP contribution >= 0.6 is 19.4 Å². The van der Waals surface area contributed by atoms with Gasteiger partial charge in [-0.1, -0.05) is 19.3 Å². The van der Waals surface area contributed by atoms with Crippen LogP contribution in [0.1, 0.15) is 57.8 Å². The summed E-state index contributed by atoms with van der Waals surface area (Å²) in [4.78, 5) is 36.9. The summed E-state index contributed by atoms with van der Waals surface area (Å²) in [5.41, 5.74) is 2.08. The van der Waals surface area contributed by atoms with E-state index in [1.165, 1.54) is 18.7 Å². The minimum Gasteiger partial charge on any atom is -0.312 e. The number of nitrogens with zero attached hydrogens (tertiary/aromatic N) is 1. The second-order valence-electron chi connectivity index (χ2n) is 7.03. The highest BCUT2D eigenvalue weighted by atomic mass is 32.2. The Labute approximate surface area is 177 Å². The van der Waals surface area contributed by atoms with Gasteiger partial charge in [0.2, 0.25) is 17.7 Å². The number of carbonyl (C=O) groups is 3. The number of nitrogens with one attached hydrogen (secondary N) is 1. The van der Waals surface area contributed by atoms with Crippen LogP contribution in [0.3, 0.4) is 0 Å². The van der Waals surface area contributed by atoms with E-state index in [9.17, 15) is 18.9 Å². The molecule has 0 aromatic rings. The predicted molar refractivity (Wildman–Crippen MR) is 113 cm³/mol. The smallest absolute Gasteiger partial charge is 0.312 e. The molecule has 1 aliphatic rings. The minimum absolute atomic E-state index is 0.0913. The van der Waals surface area contributed by atoms with Crippen molar-refractivity contribution in [1.29, 1.82) is 0 Å². The van der Waals surface area contributed by atoms with Crippen LogP contribution in [0.15, 0.2) is 0 Å². The molecule has 0 radical (unpaired) electrons. The topological polar surface area (TPSA) is 128 Å². The largest absolute Gasteiger partial charge is 0.327 e. The molecule has 168 valence electrons. The number of hydrazine groups is 1. The standard InChI is InChI=1S/C18H34N3O6PS/c1-26-28(2,25)27-12-8-3-4-9-13-29-15-14-17(23)21(18(15)24)11-7-5-6-10-16(22)20-19/h15H,3-14,19H2,1-2H3,(H,20,22)/t15?,28-/m1/s1. The number of unbranched alkanes of at least 4 members (excludes halogenated alkanes) is 5. The molecule has 2 atom stereocenters. The van der Waals surface area contributed by atoms with E-state index in [0.717, 1.165) is 37.9 Å². The monoisotopic (exact) mass is 451 g/mol. The summed E-state index contributed by atoms with van der Waals surface area (Å²) < 4.78 is 21.5. The van der Waals surface area contributed by atoms with Crippen molar-refractivity contribution < 1.29 is 28.0 Å². The van der Waals surface area contributed by atoms with Crippen molar-refractivity contribution in [2.45, 2.75) is 63.0 Å². The average Bonchev–Trinajstić information content (AvgIpc) is 2.96. The maximum absolute atomic E-state index is 12.4. The average molecular weight is 452 g/mol. The van der Waals surface area contributed by atoms with E-state index in [0.29, 0.717) is 32.4 Å². The molecular weight excluding hydrogens is 417 g/mol. The molecule has 1 unspecified atom stereocenters. The van der Waals surface area contributed by atoms with Crippen molar-refractivity contribution in [3.05, 3.63) is 0 Å². The predicted octanol–water partition coefficient (Wildman–Crippen LogP) is 2.44. The molecule has 0 bridgehead atoms. The maximum Gasteiger partial charge on any atom is 0.327 e. The number of hydrogen-bond donors (Lipinski definition) is 2. The van der Waals surface area contributed by atoms with Gasteiger partial charge in [0.25, 0.3) is 0 Å². The third-order valence-electron chi connectivity index (χ3n) is 4.66. The first-order valence-corrected chi connectivity index (χ1v) is 13.1. The van der Waals surface area contributed by atoms with Crippen LogP contribution < -0.4 is 11.3 Å². The Kier molecular flexibility index (Phi) is 12.7. The molecule has 29 heavy (non-hydrogen) atoms. The molecule has 0 aliphatic carbocycles. The fourth-order valence-electron chi connectivity index (χ4n) is 2.89. The molecule has 3 N–H and O–H groups in total. The van der Waals surface area contributed by atoms with Crippen molar-refractivity contribution in [1.82, 2.24) is 10.3 Å². The number of carbonyl (C=O) groups excluding carboxylic acids is 3. The summed E-state index contributed by atoms with van der Waals surface area (Å²) in [6.45, 7) is 2.28. The van der Waals surface area contributed by atoms with Gasteiger partial charge in [0.1, 0.15) is 0 Å². The Balaban J connectivity index is 2.11. The number of amides is 3. The Morgan fingerprint density at radius 2 is 1.90 bits per heavy atom. The molecule has 0 saturated carbocycles. The van der Waals surface area contributed by atoms with Crippen LogP contribution in [0.2, 0.25) is 0 Å². The maximum atomic E-state index is 12.4. The Bertz CT molecular complexity index is 592. The lowest BCUT2D eigenvalue weighted by molar-refractivity contribution is -0.138. The van der Waals surface area contributed by atoms with Crippen molar-refractivity contribution in [2.24, 2.45) is 5.84 Å². The lowest BCUT2D eigenvalue weighted by atomic mass is 10.2. The first-order chi connectivity index (χ1) is 13.8. The van der Waals surface area contributed by atoms with Gasteiger partial charge in [-0.05, 0) is 31.4 Å². The van der Waals surface area contributed by atoms with Crippen LogP contribution in [0.4, 0.5) is 0 Å². The van der Waals surface area contributed by atoms with E-state index in [4.69, 9.17) is 14.9 Å². The summed E-state index contributed by atoms with van der Waals surface area (Å²) >= 11 is 1.55. The van der Waals surface area contributed by atoms with Crippen LogP contribution in [-0.2, 0) is 28.0 Å². The van der Waals surface area contributed by atoms with Gasteiger partial charge in [-0.15, -0.1) is 11.8 Å². The lowest BCUT2D eigenvalue weighted by Crippen LogP contribution is -2.32. The Hall–Kier alpha value is -0.930. The summed E-state index contributed by atoms with van der Waals surface area (Å²) in [5, 5.41) is -0.276. The van der Waals surface area contributed by atoms with Gasteiger partial charge in [0.15, 0.2) is 0 Å². The molecule has 9 nitrogen and oxygen atoms in total. The minimum atomic E-state index is -2.89. The van der Waals surface area contributed by atoms with Gasteiger partial charge in [0, 0.05) is 33.2 Å². The van der Waals surface area contributed by atoms with Crippen LogP contribution in [-0.4, -0.2) is 60.6 Å². The molecule has 1 heterocycles. The van der Waals surface area contributed by atoms with Crippen molar-refractivity contribution >= 4 is 37.1 Å². The van der Waals surface area contributed by atoms with Crippen molar-refractivity contribution in [2.75, 3.05) is 32.7 Å². The van der Waals surface area contributed by atoms with Crippen molar-refractivity contribution in [3.63, 3.8) is 0 Å². The highest BCUT2D eigenvalue weighted by molar-refractivity contribution is 8.00. The highest BCUT2D eigenvalue weighted by Crippen LogP contribution is 2.42. The van der Waals surface area contributed by atoms with E-state index in [-0.39, 0.29) is 29.4 Å². The van der Waals surface area contributed by atoms with Gasteiger partial charge in [0.05, 0.1) is 11.9 Å². The van der Waals surface area contributed by atoms with Gasteiger partial charge < -0.3 is 9.05 Å². The van der Waals surface area contributed by atoms with Gasteiger partial charge in [-0.3, -0.25) is 29.3 Å². The SMILES string of the molecule is CO[P@@](C)(=O)OCCCCCCSC1CC(=O)N(CCCCCC(=O)NN)C1=O. The fourth-order valence-corrected chi connectivity index (χ4v) is 4.64. The third-order valence-corrected chi connectivity index (χ3v) is 7.27. The molecule has 0 aromatic carbocycles. The third kappa shape index (κ3) is 10.6. The van der Waals surface area contributed by atoms with Crippen molar-refractivity contribution in [3.8, 4) is 0 Å². The van der Waals surface area contributed by atoms with Gasteiger partial charge in [-0.25, -0.2) is 5.84 Å². The van der Waals surface area contributed by atoms with E-state index < -0.39 is 7.60 Å². The first-order valence-electron chi connectivity index (χ1n) is 10.0. The van der Waals surface area contributed by atoms with E-state index in [1.807, 2.05) is 0 Å². The molecule has 1 saturated heterocycles. The van der Waals surface area contributed by atoms with Crippen LogP contribution in [0.5, 0.6) is 0 Å². The normalized spacial score (nSPS) is 18.9. The Morgan fingerprint density at radius 3 is 2.59 bits per heavy atom. The van der Waals surface area contributed by atoms with E-state index in [2.05, 4.69) is 5.43 Å². The number of hydrogen-bond acceptors (Lipinski definition) is 8. The highest BCUT2D eigenvalue weighted by Gasteiger charge is 2.38. The van der Waals surface area contributed by atoms with Gasteiger partial charge in [-0.2, -0.15) is 0 Å². The van der Waals surface area contributed by atoms with Gasteiger partial charge >= 0.3 is 7.60 Å². The molecular formula is C18H34N3O6PS. The fraction of sp³-hybridized carbons (Fsp3) is 0.833. The molecule has 3 amide bonds. The molecule has 0 aromatic heterocycles. The molecule has 1 rings (SSSR count). The first kappa shape index (κ1) is 26.1. The molecule has 1 fully saturated rings. The molecule has 11 heteroatoms. The zero-order chi connectivity index (χ0) is 21.7. The number of likely N-dealkylation sites (tertiary alicyclic amines) is 1. The lowest BCUT2D eigenvalue weighted by Gasteiger charge is -2.14. The zero-order valence-corrected chi connectivity index (χ0v) is 19.1. The number of nitrogens with two attached hydrogens (primary N) is 1. The number of rotatable bonds is 16. The van der Waals surface area contributed by atoms with Crippen LogP contribution in [0.25, 0.3) is 0 Å². The number of thioether (sulfide) groups is 1. The Morgan fingerprint density at radius 1 is 1.21 bits per heavy atom. The number of imide groups is 1. The summed E-state index contributed by atoms with van der Waals surface area (Å²) in [7, 11) is -1.51. The summed E-state index contributed by atoms with van der Waals surface area (Å²) in [6.07, 6.45) is 6.49. The van der Waals surface area contributed by atoms with E-state index >= 15 is 0 Å². The zero-order valence-electron chi connectivity index (χ0n) is 17.4. The van der Waals surface area contributed by atoms with Crippen LogP contribution in [0, 0.1) is 0 Å². The van der Waals surface area contributed by atoms with E-state index in [1.54, 1.807) is 11.8 Å². The second-order valence-corrected chi connectivity index (χ2v) is 10.5. The summed E-state index contributed by atoms with van der Waals surface area (Å²) in [5.74, 6) is 5.45. The second kappa shape index (κ2) is 14.1. The quantitative estimate of drug-likeness (QED) is 0.0914. The molecule has 0 spiro atoms.